The van der Waals surface area contributed by atoms with Crippen molar-refractivity contribution in [3.63, 3.8) is 0 Å². The van der Waals surface area contributed by atoms with Gasteiger partial charge in [0.15, 0.2) is 5.90 Å². The molecular weight excluding hydrogens is 114 g/mol. The van der Waals surface area contributed by atoms with E-state index in [0.717, 1.165) is 12.3 Å². The van der Waals surface area contributed by atoms with E-state index >= 15 is 0 Å². The van der Waals surface area contributed by atoms with Gasteiger partial charge in [-0.2, -0.15) is 0 Å². The van der Waals surface area contributed by atoms with E-state index in [-0.39, 0.29) is 0 Å². The largest absolute Gasteiger partial charge is 0.484 e. The highest BCUT2D eigenvalue weighted by molar-refractivity contribution is 5.76. The molecule has 0 N–H and O–H groups in total. The molecule has 0 bridgehead atoms. The first kappa shape index (κ1) is 8.21. The lowest BCUT2D eigenvalue weighted by molar-refractivity contribution is 0.392. The molecule has 0 aromatic heterocycles. The molecule has 0 rings (SSSR count). The van der Waals surface area contributed by atoms with Gasteiger partial charge in [0.1, 0.15) is 0 Å². The molecule has 0 heterocycles. The summed E-state index contributed by atoms with van der Waals surface area (Å²) >= 11 is 0. The van der Waals surface area contributed by atoms with Crippen LogP contribution in [0.15, 0.2) is 17.3 Å². The molecule has 0 spiro atoms. The van der Waals surface area contributed by atoms with Gasteiger partial charge in [-0.15, -0.1) is 0 Å². The Balaban J connectivity index is 3.75. The average molecular weight is 127 g/mol. The van der Waals surface area contributed by atoms with Gasteiger partial charge in [0, 0.05) is 12.6 Å². The Morgan fingerprint density at radius 1 is 1.67 bits per heavy atom. The van der Waals surface area contributed by atoms with Crippen LogP contribution in [0.1, 0.15) is 20.3 Å². The molecule has 0 aromatic rings. The van der Waals surface area contributed by atoms with Crippen molar-refractivity contribution >= 4 is 5.90 Å². The van der Waals surface area contributed by atoms with E-state index in [0.29, 0.717) is 0 Å². The normalized spacial score (nSPS) is 12.6. The van der Waals surface area contributed by atoms with Gasteiger partial charge in [-0.3, -0.25) is 0 Å². The third-order valence-corrected chi connectivity index (χ3v) is 0.906. The summed E-state index contributed by atoms with van der Waals surface area (Å²) < 4.78 is 4.90. The predicted octanol–water partition coefficient (Wildman–Crippen LogP) is 1.97. The van der Waals surface area contributed by atoms with Gasteiger partial charge in [0.25, 0.3) is 0 Å². The van der Waals surface area contributed by atoms with Gasteiger partial charge in [0.2, 0.25) is 0 Å². The molecular formula is C7H13NO. The zero-order valence-electron chi connectivity index (χ0n) is 6.22. The maximum absolute atomic E-state index is 4.90. The lowest BCUT2D eigenvalue weighted by atomic mass is 10.5. The van der Waals surface area contributed by atoms with E-state index < -0.39 is 0 Å². The number of aliphatic imine (C=N–C) groups is 1. The van der Waals surface area contributed by atoms with E-state index in [1.54, 1.807) is 13.3 Å². The minimum Gasteiger partial charge on any atom is -0.484 e. The summed E-state index contributed by atoms with van der Waals surface area (Å²) in [6.45, 7) is 3.93. The minimum absolute atomic E-state index is 0.771. The van der Waals surface area contributed by atoms with E-state index in [4.69, 9.17) is 4.74 Å². The molecule has 0 aromatic carbocycles. The van der Waals surface area contributed by atoms with E-state index in [1.165, 1.54) is 0 Å². The van der Waals surface area contributed by atoms with Gasteiger partial charge in [0.05, 0.1) is 7.11 Å². The third kappa shape index (κ3) is 3.76. The van der Waals surface area contributed by atoms with Crippen molar-refractivity contribution in [2.24, 2.45) is 4.99 Å². The monoisotopic (exact) mass is 127 g/mol. The van der Waals surface area contributed by atoms with E-state index in [1.807, 2.05) is 19.9 Å². The van der Waals surface area contributed by atoms with Crippen molar-refractivity contribution < 1.29 is 4.74 Å². The Bertz CT molecular complexity index is 110. The minimum atomic E-state index is 0.771. The van der Waals surface area contributed by atoms with Gasteiger partial charge in [-0.05, 0) is 6.92 Å². The molecule has 52 valence electrons. The number of hydrogen-bond acceptors (Lipinski definition) is 2. The topological polar surface area (TPSA) is 21.6 Å². The number of rotatable bonds is 2. The molecule has 0 atom stereocenters. The quantitative estimate of drug-likeness (QED) is 0.410. The second kappa shape index (κ2) is 5.35. The van der Waals surface area contributed by atoms with Crippen molar-refractivity contribution in [1.29, 1.82) is 0 Å². The van der Waals surface area contributed by atoms with Crippen LogP contribution in [0.2, 0.25) is 0 Å². The van der Waals surface area contributed by atoms with Crippen LogP contribution < -0.4 is 0 Å². The fraction of sp³-hybridized carbons (Fsp3) is 0.571. The van der Waals surface area contributed by atoms with Crippen LogP contribution in [0.5, 0.6) is 0 Å². The second-order valence-corrected chi connectivity index (χ2v) is 1.56. The first-order valence-electron chi connectivity index (χ1n) is 3.07. The SMILES string of the molecule is CC=CN=C(CC)OC. The molecule has 0 radical (unpaired) electrons. The first-order chi connectivity index (χ1) is 4.35. The second-order valence-electron chi connectivity index (χ2n) is 1.56. The van der Waals surface area contributed by atoms with Crippen LogP contribution in [0.25, 0.3) is 0 Å². The fourth-order valence-corrected chi connectivity index (χ4v) is 0.446. The highest BCUT2D eigenvalue weighted by Gasteiger charge is 1.86. The summed E-state index contributed by atoms with van der Waals surface area (Å²) in [4.78, 5) is 3.99. The zero-order chi connectivity index (χ0) is 7.11. The lowest BCUT2D eigenvalue weighted by Crippen LogP contribution is -1.96. The van der Waals surface area contributed by atoms with Gasteiger partial charge < -0.3 is 4.74 Å². The van der Waals surface area contributed by atoms with Crippen LogP contribution in [-0.2, 0) is 4.74 Å². The number of allylic oxidation sites excluding steroid dienone is 1. The summed E-state index contributed by atoms with van der Waals surface area (Å²) in [5.74, 6) is 0.771. The zero-order valence-corrected chi connectivity index (χ0v) is 6.22. The number of methoxy groups -OCH3 is 1. The number of hydrogen-bond donors (Lipinski definition) is 0. The van der Waals surface area contributed by atoms with Crippen molar-refractivity contribution in [1.82, 2.24) is 0 Å². The molecule has 0 aliphatic heterocycles. The molecule has 0 saturated heterocycles. The van der Waals surface area contributed by atoms with Gasteiger partial charge >= 0.3 is 0 Å². The summed E-state index contributed by atoms with van der Waals surface area (Å²) in [5, 5.41) is 0. The van der Waals surface area contributed by atoms with Crippen molar-refractivity contribution in [3.05, 3.63) is 12.3 Å². The third-order valence-electron chi connectivity index (χ3n) is 0.906. The Kier molecular flexibility index (Phi) is 4.88. The molecule has 2 nitrogen and oxygen atoms in total. The van der Waals surface area contributed by atoms with Crippen LogP contribution in [0.3, 0.4) is 0 Å². The maximum atomic E-state index is 4.90. The van der Waals surface area contributed by atoms with Crippen molar-refractivity contribution in [2.75, 3.05) is 7.11 Å². The summed E-state index contributed by atoms with van der Waals surface area (Å²) in [6.07, 6.45) is 4.44. The fourth-order valence-electron chi connectivity index (χ4n) is 0.446. The smallest absolute Gasteiger partial charge is 0.187 e. The number of nitrogens with zero attached hydrogens (tertiary/aromatic N) is 1. The Morgan fingerprint density at radius 3 is 2.67 bits per heavy atom. The van der Waals surface area contributed by atoms with Gasteiger partial charge in [-0.25, -0.2) is 4.99 Å². The molecule has 2 heteroatoms. The first-order valence-corrected chi connectivity index (χ1v) is 3.07. The summed E-state index contributed by atoms with van der Waals surface area (Å²) in [7, 11) is 1.63. The molecule has 0 amide bonds. The van der Waals surface area contributed by atoms with Crippen molar-refractivity contribution in [3.8, 4) is 0 Å². The number of ether oxygens (including phenoxy) is 1. The molecule has 9 heavy (non-hydrogen) atoms. The average Bonchev–Trinajstić information content (AvgIpc) is 1.91. The van der Waals surface area contributed by atoms with E-state index in [9.17, 15) is 0 Å². The predicted molar refractivity (Wildman–Crippen MR) is 39.5 cm³/mol. The Morgan fingerprint density at radius 2 is 2.33 bits per heavy atom. The van der Waals surface area contributed by atoms with Crippen LogP contribution in [0, 0.1) is 0 Å². The molecule has 0 aliphatic carbocycles. The van der Waals surface area contributed by atoms with Crippen LogP contribution >= 0.6 is 0 Å². The highest BCUT2D eigenvalue weighted by Crippen LogP contribution is 1.87. The molecule has 0 aliphatic rings. The standard InChI is InChI=1S/C7H13NO/c1-4-6-8-7(5-2)9-3/h4,6H,5H2,1-3H3. The highest BCUT2D eigenvalue weighted by atomic mass is 16.5. The Labute approximate surface area is 56.2 Å². The van der Waals surface area contributed by atoms with Crippen LogP contribution in [0.4, 0.5) is 0 Å². The summed E-state index contributed by atoms with van der Waals surface area (Å²) in [6, 6.07) is 0. The van der Waals surface area contributed by atoms with E-state index in [2.05, 4.69) is 4.99 Å². The molecule has 0 saturated carbocycles. The molecule has 0 fully saturated rings. The van der Waals surface area contributed by atoms with Crippen LogP contribution in [-0.4, -0.2) is 13.0 Å². The maximum Gasteiger partial charge on any atom is 0.187 e. The molecule has 0 unspecified atom stereocenters. The Hall–Kier alpha value is -0.790. The van der Waals surface area contributed by atoms with Crippen molar-refractivity contribution in [2.45, 2.75) is 20.3 Å². The summed E-state index contributed by atoms with van der Waals surface area (Å²) in [5.41, 5.74) is 0. The lowest BCUT2D eigenvalue weighted by Gasteiger charge is -1.96. The van der Waals surface area contributed by atoms with Gasteiger partial charge in [-0.1, -0.05) is 13.0 Å².